The molecule has 3 heterocycles. The predicted octanol–water partition coefficient (Wildman–Crippen LogP) is 4.55. The molecule has 0 saturated carbocycles. The maximum absolute atomic E-state index is 12.5. The van der Waals surface area contributed by atoms with E-state index in [0.717, 1.165) is 39.9 Å². The number of aryl methyl sites for hydroxylation is 1. The van der Waals surface area contributed by atoms with Gasteiger partial charge in [0.2, 0.25) is 5.91 Å². The van der Waals surface area contributed by atoms with Crippen LogP contribution in [0.15, 0.2) is 35.2 Å². The number of nitrogens with one attached hydrogen (secondary N) is 2. The Hall–Kier alpha value is -2.65. The van der Waals surface area contributed by atoms with Gasteiger partial charge in [-0.3, -0.25) is 4.79 Å². The second-order valence-corrected chi connectivity index (χ2v) is 9.58. The number of ether oxygens (including phenoxy) is 1. The molecule has 1 atom stereocenters. The highest BCUT2D eigenvalue weighted by Gasteiger charge is 2.25. The van der Waals surface area contributed by atoms with Crippen molar-refractivity contribution in [2.75, 3.05) is 18.5 Å². The van der Waals surface area contributed by atoms with Crippen LogP contribution in [0.5, 0.6) is 0 Å². The molecule has 4 rings (SSSR count). The summed E-state index contributed by atoms with van der Waals surface area (Å²) in [5, 5.41) is 7.10. The maximum Gasteiger partial charge on any atom is 0.348 e. The van der Waals surface area contributed by atoms with E-state index in [1.165, 1.54) is 11.3 Å². The van der Waals surface area contributed by atoms with E-state index in [2.05, 4.69) is 10.6 Å². The van der Waals surface area contributed by atoms with Gasteiger partial charge in [-0.25, -0.2) is 14.8 Å². The van der Waals surface area contributed by atoms with Crippen molar-refractivity contribution in [1.82, 2.24) is 15.3 Å². The molecule has 2 N–H and O–H groups in total. The van der Waals surface area contributed by atoms with Gasteiger partial charge in [-0.05, 0) is 50.8 Å². The van der Waals surface area contributed by atoms with Crippen molar-refractivity contribution in [3.8, 4) is 0 Å². The fraction of sp³-hybridized carbons (Fsp3) is 0.391. The second-order valence-electron chi connectivity index (χ2n) is 7.53. The second kappa shape index (κ2) is 10.3. The third kappa shape index (κ3) is 5.05. The molecule has 3 aromatic rings. The van der Waals surface area contributed by atoms with Crippen molar-refractivity contribution in [1.29, 1.82) is 0 Å². The molecule has 0 bridgehead atoms. The van der Waals surface area contributed by atoms with Crippen LogP contribution in [0.3, 0.4) is 0 Å². The van der Waals surface area contributed by atoms with Gasteiger partial charge >= 0.3 is 5.97 Å². The average Bonchev–Trinajstić information content (AvgIpc) is 3.00. The lowest BCUT2D eigenvalue weighted by atomic mass is 10.1. The summed E-state index contributed by atoms with van der Waals surface area (Å²) >= 11 is 2.96. The SMILES string of the molecule is CCOC(=O)c1sc2nc(CSc3ccccc3)nc(N[C@H]3CCCCNC3=O)c2c1C. The number of benzene rings is 1. The minimum atomic E-state index is -0.365. The van der Waals surface area contributed by atoms with E-state index in [4.69, 9.17) is 14.7 Å². The third-order valence-electron chi connectivity index (χ3n) is 5.25. The van der Waals surface area contributed by atoms with Crippen LogP contribution in [0.4, 0.5) is 5.82 Å². The Morgan fingerprint density at radius 2 is 2.09 bits per heavy atom. The summed E-state index contributed by atoms with van der Waals surface area (Å²) < 4.78 is 5.23. The molecule has 1 aliphatic heterocycles. The molecule has 1 aromatic carbocycles. The normalized spacial score (nSPS) is 16.4. The van der Waals surface area contributed by atoms with Crippen molar-refractivity contribution in [3.05, 3.63) is 46.6 Å². The Kier molecular flexibility index (Phi) is 7.26. The number of thioether (sulfide) groups is 1. The highest BCUT2D eigenvalue weighted by atomic mass is 32.2. The Morgan fingerprint density at radius 1 is 1.28 bits per heavy atom. The third-order valence-corrected chi connectivity index (χ3v) is 7.43. The fourth-order valence-electron chi connectivity index (χ4n) is 3.65. The van der Waals surface area contributed by atoms with E-state index in [-0.39, 0.29) is 17.9 Å². The molecule has 2 aromatic heterocycles. The molecule has 1 saturated heterocycles. The number of rotatable bonds is 7. The average molecular weight is 471 g/mol. The minimum Gasteiger partial charge on any atom is -0.462 e. The van der Waals surface area contributed by atoms with Crippen molar-refractivity contribution in [3.63, 3.8) is 0 Å². The van der Waals surface area contributed by atoms with Gasteiger partial charge in [-0.1, -0.05) is 18.2 Å². The first-order valence-electron chi connectivity index (χ1n) is 10.8. The number of fused-ring (bicyclic) bond motifs is 1. The molecule has 168 valence electrons. The van der Waals surface area contributed by atoms with Crippen molar-refractivity contribution < 1.29 is 14.3 Å². The standard InChI is InChI=1S/C23H26N4O3S2/c1-3-30-23(29)19-14(2)18-20(25-16-11-7-8-12-24-21(16)28)26-17(27-22(18)32-19)13-31-15-9-5-4-6-10-15/h4-6,9-10,16H,3,7-8,11-13H2,1-2H3,(H,24,28)(H,25,26,27)/t16-/m0/s1. The van der Waals surface area contributed by atoms with Gasteiger partial charge in [0.1, 0.15) is 27.4 Å². The first-order valence-corrected chi connectivity index (χ1v) is 12.6. The first-order chi connectivity index (χ1) is 15.6. The van der Waals surface area contributed by atoms with Gasteiger partial charge in [-0.2, -0.15) is 0 Å². The number of carbonyl (C=O) groups excluding carboxylic acids is 2. The molecular formula is C23H26N4O3S2. The van der Waals surface area contributed by atoms with E-state index in [9.17, 15) is 9.59 Å². The molecular weight excluding hydrogens is 444 g/mol. The number of anilines is 1. The zero-order valence-electron chi connectivity index (χ0n) is 18.1. The van der Waals surface area contributed by atoms with E-state index >= 15 is 0 Å². The molecule has 1 amide bonds. The van der Waals surface area contributed by atoms with Crippen LogP contribution in [0.25, 0.3) is 10.2 Å². The number of thiophene rings is 1. The van der Waals surface area contributed by atoms with Crippen LogP contribution in [0, 0.1) is 6.92 Å². The number of amides is 1. The van der Waals surface area contributed by atoms with Crippen LogP contribution in [-0.4, -0.2) is 41.0 Å². The monoisotopic (exact) mass is 470 g/mol. The van der Waals surface area contributed by atoms with Crippen LogP contribution in [-0.2, 0) is 15.3 Å². The highest BCUT2D eigenvalue weighted by molar-refractivity contribution is 7.98. The van der Waals surface area contributed by atoms with Crippen LogP contribution < -0.4 is 10.6 Å². The van der Waals surface area contributed by atoms with Gasteiger partial charge in [-0.15, -0.1) is 23.1 Å². The summed E-state index contributed by atoms with van der Waals surface area (Å²) in [5.74, 6) is 1.46. The lowest BCUT2D eigenvalue weighted by Crippen LogP contribution is -2.38. The van der Waals surface area contributed by atoms with Crippen molar-refractivity contribution in [2.24, 2.45) is 0 Å². The van der Waals surface area contributed by atoms with E-state index in [1.807, 2.05) is 37.3 Å². The zero-order valence-corrected chi connectivity index (χ0v) is 19.8. The molecule has 0 radical (unpaired) electrons. The fourth-order valence-corrected chi connectivity index (χ4v) is 5.52. The molecule has 0 unspecified atom stereocenters. The summed E-state index contributed by atoms with van der Waals surface area (Å²) in [4.78, 5) is 36.9. The lowest BCUT2D eigenvalue weighted by Gasteiger charge is -2.17. The van der Waals surface area contributed by atoms with E-state index in [0.29, 0.717) is 35.4 Å². The van der Waals surface area contributed by atoms with Gasteiger partial charge in [0, 0.05) is 11.4 Å². The zero-order chi connectivity index (χ0) is 22.5. The highest BCUT2D eigenvalue weighted by Crippen LogP contribution is 2.36. The minimum absolute atomic E-state index is 0.0204. The lowest BCUT2D eigenvalue weighted by molar-refractivity contribution is -0.121. The smallest absolute Gasteiger partial charge is 0.348 e. The Balaban J connectivity index is 1.71. The Labute approximate surface area is 195 Å². The van der Waals surface area contributed by atoms with Crippen molar-refractivity contribution >= 4 is 51.0 Å². The molecule has 0 aliphatic carbocycles. The number of aromatic nitrogens is 2. The number of hydrogen-bond acceptors (Lipinski definition) is 8. The summed E-state index contributed by atoms with van der Waals surface area (Å²) in [5.41, 5.74) is 0.780. The topological polar surface area (TPSA) is 93.2 Å². The number of esters is 1. The van der Waals surface area contributed by atoms with Gasteiger partial charge in [0.25, 0.3) is 0 Å². The summed E-state index contributed by atoms with van der Waals surface area (Å²) in [6.07, 6.45) is 2.66. The maximum atomic E-state index is 12.5. The Bertz CT molecular complexity index is 1120. The molecule has 1 aliphatic rings. The van der Waals surface area contributed by atoms with Gasteiger partial charge in [0.05, 0.1) is 17.7 Å². The predicted molar refractivity (Wildman–Crippen MR) is 128 cm³/mol. The number of nitrogens with zero attached hydrogens (tertiary/aromatic N) is 2. The van der Waals surface area contributed by atoms with Crippen LogP contribution >= 0.6 is 23.1 Å². The number of hydrogen-bond donors (Lipinski definition) is 2. The molecule has 32 heavy (non-hydrogen) atoms. The summed E-state index contributed by atoms with van der Waals surface area (Å²) in [6, 6.07) is 9.71. The molecule has 7 nitrogen and oxygen atoms in total. The molecule has 1 fully saturated rings. The summed E-state index contributed by atoms with van der Waals surface area (Å²) in [6.45, 7) is 4.67. The largest absolute Gasteiger partial charge is 0.462 e. The van der Waals surface area contributed by atoms with Gasteiger partial charge in [0.15, 0.2) is 0 Å². The van der Waals surface area contributed by atoms with Gasteiger partial charge < -0.3 is 15.4 Å². The van der Waals surface area contributed by atoms with Crippen LogP contribution in [0.2, 0.25) is 0 Å². The summed E-state index contributed by atoms with van der Waals surface area (Å²) in [7, 11) is 0. The van der Waals surface area contributed by atoms with Crippen LogP contribution in [0.1, 0.15) is 47.2 Å². The van der Waals surface area contributed by atoms with Crippen molar-refractivity contribution in [2.45, 2.75) is 49.8 Å². The van der Waals surface area contributed by atoms with E-state index in [1.54, 1.807) is 18.7 Å². The molecule has 0 spiro atoms. The first kappa shape index (κ1) is 22.5. The Morgan fingerprint density at radius 3 is 2.88 bits per heavy atom. The molecule has 9 heteroatoms. The van der Waals surface area contributed by atoms with E-state index < -0.39 is 0 Å². The number of carbonyl (C=O) groups is 2. The quantitative estimate of drug-likeness (QED) is 0.386.